The number of carboxylic acid groups (broad SMARTS) is 1. The Morgan fingerprint density at radius 2 is 1.95 bits per heavy atom. The van der Waals surface area contributed by atoms with Crippen LogP contribution in [0.1, 0.15) is 18.4 Å². The van der Waals surface area contributed by atoms with Crippen LogP contribution in [0, 0.1) is 5.92 Å². The zero-order chi connectivity index (χ0) is 15.7. The van der Waals surface area contributed by atoms with Crippen molar-refractivity contribution in [3.8, 4) is 0 Å². The van der Waals surface area contributed by atoms with E-state index in [9.17, 15) is 14.7 Å². The zero-order valence-electron chi connectivity index (χ0n) is 11.9. The fourth-order valence-electron chi connectivity index (χ4n) is 2.04. The average molecular weight is 291 g/mol. The van der Waals surface area contributed by atoms with Crippen LogP contribution < -0.4 is 5.32 Å². The molecule has 1 amide bonds. The molecule has 0 aliphatic heterocycles. The number of allylic oxidation sites excluding steroid dienone is 1. The molecule has 0 bridgehead atoms. The van der Waals surface area contributed by atoms with Crippen molar-refractivity contribution in [3.63, 3.8) is 0 Å². The largest absolute Gasteiger partial charge is 0.481 e. The van der Waals surface area contributed by atoms with Gasteiger partial charge in [0.1, 0.15) is 0 Å². The molecule has 1 rings (SSSR count). The molecule has 0 saturated heterocycles. The van der Waals surface area contributed by atoms with E-state index in [2.05, 4.69) is 11.9 Å². The molecule has 0 fully saturated rings. The Morgan fingerprint density at radius 1 is 1.29 bits per heavy atom. The van der Waals surface area contributed by atoms with Crippen molar-refractivity contribution in [3.05, 3.63) is 48.6 Å². The molecular weight excluding hydrogens is 270 g/mol. The summed E-state index contributed by atoms with van der Waals surface area (Å²) >= 11 is 0. The lowest BCUT2D eigenvalue weighted by atomic mass is 10.0. The summed E-state index contributed by atoms with van der Waals surface area (Å²) in [4.78, 5) is 22.9. The fraction of sp³-hybridized carbons (Fsp3) is 0.375. The molecule has 0 unspecified atom stereocenters. The average Bonchev–Trinajstić information content (AvgIpc) is 2.47. The van der Waals surface area contributed by atoms with E-state index in [0.717, 1.165) is 5.56 Å². The number of nitrogens with one attached hydrogen (secondary N) is 1. The maximum atomic E-state index is 11.9. The highest BCUT2D eigenvalue weighted by molar-refractivity contribution is 5.82. The summed E-state index contributed by atoms with van der Waals surface area (Å²) < 4.78 is 0. The molecule has 114 valence electrons. The first-order chi connectivity index (χ1) is 10.1. The molecule has 0 heterocycles. The molecule has 0 aromatic heterocycles. The van der Waals surface area contributed by atoms with Crippen molar-refractivity contribution in [2.24, 2.45) is 5.92 Å². The molecule has 0 aliphatic rings. The number of amides is 1. The number of carbonyl (C=O) groups is 2. The molecule has 5 nitrogen and oxygen atoms in total. The molecule has 0 radical (unpaired) electrons. The van der Waals surface area contributed by atoms with E-state index in [-0.39, 0.29) is 25.4 Å². The molecule has 1 aromatic carbocycles. The van der Waals surface area contributed by atoms with Gasteiger partial charge in [0.15, 0.2) is 0 Å². The molecule has 0 saturated carbocycles. The number of hydrogen-bond acceptors (Lipinski definition) is 3. The van der Waals surface area contributed by atoms with Crippen LogP contribution in [0.3, 0.4) is 0 Å². The van der Waals surface area contributed by atoms with Gasteiger partial charge >= 0.3 is 5.97 Å². The van der Waals surface area contributed by atoms with E-state index in [1.54, 1.807) is 0 Å². The van der Waals surface area contributed by atoms with Gasteiger partial charge in [-0.25, -0.2) is 0 Å². The predicted molar refractivity (Wildman–Crippen MR) is 79.7 cm³/mol. The van der Waals surface area contributed by atoms with Gasteiger partial charge in [-0.05, 0) is 18.4 Å². The summed E-state index contributed by atoms with van der Waals surface area (Å²) in [6.07, 6.45) is 2.11. The normalized spacial score (nSPS) is 13.2. The van der Waals surface area contributed by atoms with Crippen molar-refractivity contribution < 1.29 is 19.8 Å². The monoisotopic (exact) mass is 291 g/mol. The lowest BCUT2D eigenvalue weighted by molar-refractivity contribution is -0.144. The van der Waals surface area contributed by atoms with Crippen molar-refractivity contribution >= 4 is 11.9 Å². The first kappa shape index (κ1) is 16.9. The van der Waals surface area contributed by atoms with Gasteiger partial charge in [-0.1, -0.05) is 36.4 Å². The Balaban J connectivity index is 2.54. The zero-order valence-corrected chi connectivity index (χ0v) is 11.9. The van der Waals surface area contributed by atoms with Crippen molar-refractivity contribution in [2.45, 2.75) is 25.3 Å². The number of aliphatic hydroxyl groups excluding tert-OH is 1. The second kappa shape index (κ2) is 8.92. The molecule has 0 spiro atoms. The summed E-state index contributed by atoms with van der Waals surface area (Å²) in [5, 5.41) is 21.0. The van der Waals surface area contributed by atoms with Crippen molar-refractivity contribution in [1.82, 2.24) is 5.32 Å². The predicted octanol–water partition coefficient (Wildman–Crippen LogP) is 1.37. The highest BCUT2D eigenvalue weighted by Crippen LogP contribution is 2.10. The van der Waals surface area contributed by atoms with Gasteiger partial charge in [-0.3, -0.25) is 9.59 Å². The van der Waals surface area contributed by atoms with Gasteiger partial charge < -0.3 is 15.5 Å². The third-order valence-corrected chi connectivity index (χ3v) is 3.14. The van der Waals surface area contributed by atoms with Crippen LogP contribution in [0.15, 0.2) is 43.0 Å². The minimum absolute atomic E-state index is 0.118. The molecule has 3 N–H and O–H groups in total. The van der Waals surface area contributed by atoms with Crippen LogP contribution in [-0.4, -0.2) is 34.7 Å². The summed E-state index contributed by atoms with van der Waals surface area (Å²) in [5.74, 6) is -2.17. The van der Waals surface area contributed by atoms with Crippen molar-refractivity contribution in [1.29, 1.82) is 0 Å². The molecule has 21 heavy (non-hydrogen) atoms. The third kappa shape index (κ3) is 6.23. The van der Waals surface area contributed by atoms with Gasteiger partial charge in [-0.2, -0.15) is 0 Å². The second-order valence-corrected chi connectivity index (χ2v) is 4.90. The van der Waals surface area contributed by atoms with Crippen LogP contribution in [0.4, 0.5) is 0 Å². The molecular formula is C16H21NO4. The van der Waals surface area contributed by atoms with E-state index in [4.69, 9.17) is 5.11 Å². The van der Waals surface area contributed by atoms with Gasteiger partial charge in [0.05, 0.1) is 18.6 Å². The summed E-state index contributed by atoms with van der Waals surface area (Å²) in [6, 6.07) is 9.06. The summed E-state index contributed by atoms with van der Waals surface area (Å²) in [5.41, 5.74) is 0.998. The Hall–Kier alpha value is -2.14. The Morgan fingerprint density at radius 3 is 2.48 bits per heavy atom. The third-order valence-electron chi connectivity index (χ3n) is 3.14. The smallest absolute Gasteiger partial charge is 0.307 e. The van der Waals surface area contributed by atoms with Crippen LogP contribution >= 0.6 is 0 Å². The molecule has 5 heteroatoms. The van der Waals surface area contributed by atoms with E-state index in [1.165, 1.54) is 6.08 Å². The standard InChI is InChI=1S/C16H21NO4/c1-2-6-13(16(20)21)10-15(19)17-14(11-18)9-12-7-4-3-5-8-12/h2-5,7-8,13-14,18H,1,6,9-11H2,(H,17,19)(H,20,21)/t13-,14+/m1/s1. The second-order valence-electron chi connectivity index (χ2n) is 4.90. The number of aliphatic carboxylic acids is 1. The maximum Gasteiger partial charge on any atom is 0.307 e. The molecule has 2 atom stereocenters. The summed E-state index contributed by atoms with van der Waals surface area (Å²) in [7, 11) is 0. The van der Waals surface area contributed by atoms with Crippen LogP contribution in [0.25, 0.3) is 0 Å². The minimum Gasteiger partial charge on any atom is -0.481 e. The lowest BCUT2D eigenvalue weighted by Gasteiger charge is -2.18. The Kier molecular flexibility index (Phi) is 7.18. The van der Waals surface area contributed by atoms with Crippen LogP contribution in [0.5, 0.6) is 0 Å². The highest BCUT2D eigenvalue weighted by atomic mass is 16.4. The SMILES string of the molecule is C=CC[C@H](CC(=O)N[C@H](CO)Cc1ccccc1)C(=O)O. The van der Waals surface area contributed by atoms with Crippen LogP contribution in [0.2, 0.25) is 0 Å². The lowest BCUT2D eigenvalue weighted by Crippen LogP contribution is -2.40. The Bertz CT molecular complexity index is 472. The maximum absolute atomic E-state index is 11.9. The van der Waals surface area contributed by atoms with E-state index < -0.39 is 17.9 Å². The van der Waals surface area contributed by atoms with Crippen LogP contribution in [-0.2, 0) is 16.0 Å². The number of carbonyl (C=O) groups excluding carboxylic acids is 1. The number of carboxylic acids is 1. The number of benzene rings is 1. The minimum atomic E-state index is -1.02. The molecule has 0 aliphatic carbocycles. The Labute approximate surface area is 124 Å². The highest BCUT2D eigenvalue weighted by Gasteiger charge is 2.21. The first-order valence-electron chi connectivity index (χ1n) is 6.84. The van der Waals surface area contributed by atoms with Gasteiger partial charge in [-0.15, -0.1) is 6.58 Å². The molecule has 1 aromatic rings. The van der Waals surface area contributed by atoms with E-state index in [1.807, 2.05) is 30.3 Å². The fourth-order valence-corrected chi connectivity index (χ4v) is 2.04. The first-order valence-corrected chi connectivity index (χ1v) is 6.84. The summed E-state index contributed by atoms with van der Waals surface area (Å²) in [6.45, 7) is 3.29. The van der Waals surface area contributed by atoms with Crippen molar-refractivity contribution in [2.75, 3.05) is 6.61 Å². The topological polar surface area (TPSA) is 86.6 Å². The van der Waals surface area contributed by atoms with Gasteiger partial charge in [0.25, 0.3) is 0 Å². The van der Waals surface area contributed by atoms with Gasteiger partial charge in [0, 0.05) is 6.42 Å². The van der Waals surface area contributed by atoms with Gasteiger partial charge in [0.2, 0.25) is 5.91 Å². The number of hydrogen-bond donors (Lipinski definition) is 3. The number of aliphatic hydroxyl groups is 1. The number of rotatable bonds is 9. The quantitative estimate of drug-likeness (QED) is 0.600. The van der Waals surface area contributed by atoms with E-state index in [0.29, 0.717) is 6.42 Å². The van der Waals surface area contributed by atoms with E-state index >= 15 is 0 Å².